The Bertz CT molecular complexity index is 2490. The van der Waals surface area contributed by atoms with E-state index >= 15 is 0 Å². The van der Waals surface area contributed by atoms with Crippen molar-refractivity contribution in [3.8, 4) is 44.9 Å². The van der Waals surface area contributed by atoms with Crippen LogP contribution in [0.5, 0.6) is 0 Å². The standard InChI is InChI=1S/C47H35N3/c1-5-14-32(15-6-1)41-30-43(34-16-7-2-8-17-34)48-42-29-28-39-38(22-13-23-40(39)46(41)42)33-24-26-36(27-25-33)45-31-44(35-18-9-3-10-19-35)49-47(50-45)37-20-11-4-12-21-37/h1-5,7-14,16-20,22-31,37H,6,15,21H2. The van der Waals surface area contributed by atoms with Gasteiger partial charge in [-0.2, -0.15) is 0 Å². The third-order valence-electron chi connectivity index (χ3n) is 9.88. The van der Waals surface area contributed by atoms with Gasteiger partial charge in [-0.1, -0.05) is 152 Å². The maximum atomic E-state index is 5.20. The number of rotatable bonds is 6. The topological polar surface area (TPSA) is 38.7 Å². The normalized spacial score (nSPS) is 15.4. The Labute approximate surface area is 292 Å². The van der Waals surface area contributed by atoms with E-state index in [9.17, 15) is 0 Å². The van der Waals surface area contributed by atoms with Crippen LogP contribution in [0.4, 0.5) is 0 Å². The molecule has 2 aliphatic rings. The monoisotopic (exact) mass is 641 g/mol. The maximum absolute atomic E-state index is 5.20. The molecule has 50 heavy (non-hydrogen) atoms. The molecule has 0 saturated carbocycles. The maximum Gasteiger partial charge on any atom is 0.136 e. The van der Waals surface area contributed by atoms with E-state index in [-0.39, 0.29) is 5.92 Å². The average molecular weight is 642 g/mol. The van der Waals surface area contributed by atoms with Crippen molar-refractivity contribution >= 4 is 27.2 Å². The van der Waals surface area contributed by atoms with Gasteiger partial charge >= 0.3 is 0 Å². The van der Waals surface area contributed by atoms with Crippen molar-refractivity contribution in [3.05, 3.63) is 181 Å². The zero-order valence-corrected chi connectivity index (χ0v) is 27.7. The third-order valence-corrected chi connectivity index (χ3v) is 9.88. The summed E-state index contributed by atoms with van der Waals surface area (Å²) in [6, 6.07) is 45.3. The number of hydrogen-bond donors (Lipinski definition) is 0. The molecular formula is C47H35N3. The van der Waals surface area contributed by atoms with Crippen molar-refractivity contribution in [2.45, 2.75) is 25.2 Å². The summed E-state index contributed by atoms with van der Waals surface area (Å²) in [5, 5.41) is 3.67. The lowest BCUT2D eigenvalue weighted by molar-refractivity contribution is 0.775. The fourth-order valence-corrected chi connectivity index (χ4v) is 7.31. The second kappa shape index (κ2) is 13.0. The fraction of sp³-hybridized carbons (Fsp3) is 0.0851. The summed E-state index contributed by atoms with van der Waals surface area (Å²) in [5.74, 6) is 1.02. The summed E-state index contributed by atoms with van der Waals surface area (Å²) < 4.78 is 0. The quantitative estimate of drug-likeness (QED) is 0.170. The van der Waals surface area contributed by atoms with E-state index in [2.05, 4.69) is 164 Å². The Morgan fingerprint density at radius 2 is 1.20 bits per heavy atom. The lowest BCUT2D eigenvalue weighted by Crippen LogP contribution is -2.05. The molecule has 0 spiro atoms. The van der Waals surface area contributed by atoms with Crippen molar-refractivity contribution in [2.24, 2.45) is 0 Å². The molecule has 0 aliphatic heterocycles. The van der Waals surface area contributed by atoms with E-state index in [1.54, 1.807) is 0 Å². The van der Waals surface area contributed by atoms with Gasteiger partial charge in [0.25, 0.3) is 0 Å². The number of benzene rings is 5. The molecule has 3 nitrogen and oxygen atoms in total. The van der Waals surface area contributed by atoms with Crippen molar-refractivity contribution in [2.75, 3.05) is 0 Å². The van der Waals surface area contributed by atoms with E-state index in [0.29, 0.717) is 0 Å². The largest absolute Gasteiger partial charge is 0.248 e. The number of allylic oxidation sites excluding steroid dienone is 8. The van der Waals surface area contributed by atoms with Crippen LogP contribution in [0.1, 0.15) is 36.6 Å². The zero-order valence-electron chi connectivity index (χ0n) is 27.7. The Morgan fingerprint density at radius 1 is 0.500 bits per heavy atom. The summed E-state index contributed by atoms with van der Waals surface area (Å²) in [6.45, 7) is 0. The van der Waals surface area contributed by atoms with Gasteiger partial charge in [0.2, 0.25) is 0 Å². The van der Waals surface area contributed by atoms with Crippen LogP contribution in [0.15, 0.2) is 170 Å². The van der Waals surface area contributed by atoms with Gasteiger partial charge in [-0.3, -0.25) is 0 Å². The Morgan fingerprint density at radius 3 is 1.88 bits per heavy atom. The molecule has 5 aromatic carbocycles. The minimum Gasteiger partial charge on any atom is -0.248 e. The number of pyridine rings is 1. The molecule has 238 valence electrons. The number of fused-ring (bicyclic) bond motifs is 3. The van der Waals surface area contributed by atoms with Crippen LogP contribution in [0, 0.1) is 0 Å². The molecule has 0 saturated heterocycles. The minimum absolute atomic E-state index is 0.163. The highest BCUT2D eigenvalue weighted by molar-refractivity contribution is 6.15. The van der Waals surface area contributed by atoms with Crippen molar-refractivity contribution in [3.63, 3.8) is 0 Å². The predicted octanol–water partition coefficient (Wildman–Crippen LogP) is 12.2. The molecule has 0 fully saturated rings. The number of aromatic nitrogens is 3. The first-order chi connectivity index (χ1) is 24.8. The predicted molar refractivity (Wildman–Crippen MR) is 209 cm³/mol. The molecule has 1 atom stereocenters. The van der Waals surface area contributed by atoms with Crippen molar-refractivity contribution in [1.82, 2.24) is 15.0 Å². The van der Waals surface area contributed by atoms with Crippen molar-refractivity contribution < 1.29 is 0 Å². The van der Waals surface area contributed by atoms with Crippen LogP contribution in [-0.2, 0) is 0 Å². The van der Waals surface area contributed by atoms with Gasteiger partial charge in [0.1, 0.15) is 5.82 Å². The molecule has 0 bridgehead atoms. The molecule has 3 heteroatoms. The summed E-state index contributed by atoms with van der Waals surface area (Å²) >= 11 is 0. The van der Waals surface area contributed by atoms with Gasteiger partial charge in [0.05, 0.1) is 22.6 Å². The van der Waals surface area contributed by atoms with Crippen LogP contribution < -0.4 is 0 Å². The van der Waals surface area contributed by atoms with Gasteiger partial charge in [-0.15, -0.1) is 0 Å². The Hall–Kier alpha value is -6.19. The molecule has 2 aliphatic carbocycles. The first-order valence-corrected chi connectivity index (χ1v) is 17.4. The van der Waals surface area contributed by atoms with E-state index in [1.165, 1.54) is 38.4 Å². The van der Waals surface area contributed by atoms with Crippen LogP contribution in [0.25, 0.3) is 72.1 Å². The van der Waals surface area contributed by atoms with Gasteiger partial charge in [-0.25, -0.2) is 15.0 Å². The SMILES string of the molecule is C1=CCCC(c2cc(-c3ccccc3)nc3ccc4c(-c5ccc(-c6cc(-c7ccccc7)nc(C7C=CC=CC7)n6)cc5)cccc4c23)=C1. The van der Waals surface area contributed by atoms with E-state index in [0.717, 1.165) is 64.4 Å². The highest BCUT2D eigenvalue weighted by Crippen LogP contribution is 2.40. The lowest BCUT2D eigenvalue weighted by atomic mass is 9.89. The third kappa shape index (κ3) is 5.67. The average Bonchev–Trinajstić information content (AvgIpc) is 3.21. The van der Waals surface area contributed by atoms with Crippen LogP contribution in [0.3, 0.4) is 0 Å². The fourth-order valence-electron chi connectivity index (χ4n) is 7.31. The van der Waals surface area contributed by atoms with Crippen molar-refractivity contribution in [1.29, 1.82) is 0 Å². The molecule has 1 unspecified atom stereocenters. The summed E-state index contributed by atoms with van der Waals surface area (Å²) in [7, 11) is 0. The van der Waals surface area contributed by atoms with Gasteiger partial charge in [0.15, 0.2) is 0 Å². The molecule has 2 heterocycles. The summed E-state index contributed by atoms with van der Waals surface area (Å²) in [5.41, 5.74) is 12.2. The molecule has 0 N–H and O–H groups in total. The Kier molecular flexibility index (Phi) is 7.79. The van der Waals surface area contributed by atoms with E-state index in [1.807, 2.05) is 6.07 Å². The van der Waals surface area contributed by atoms with Crippen LogP contribution in [0.2, 0.25) is 0 Å². The van der Waals surface area contributed by atoms with Crippen LogP contribution in [-0.4, -0.2) is 15.0 Å². The number of nitrogens with zero attached hydrogens (tertiary/aromatic N) is 3. The molecule has 7 aromatic rings. The van der Waals surface area contributed by atoms with E-state index in [4.69, 9.17) is 15.0 Å². The van der Waals surface area contributed by atoms with E-state index < -0.39 is 0 Å². The molecule has 0 amide bonds. The summed E-state index contributed by atoms with van der Waals surface area (Å²) in [6.07, 6.45) is 18.3. The smallest absolute Gasteiger partial charge is 0.136 e. The Balaban J connectivity index is 1.15. The molecule has 0 radical (unpaired) electrons. The lowest BCUT2D eigenvalue weighted by Gasteiger charge is -2.17. The van der Waals surface area contributed by atoms with Gasteiger partial charge < -0.3 is 0 Å². The van der Waals surface area contributed by atoms with Crippen LogP contribution >= 0.6 is 0 Å². The molecule has 9 rings (SSSR count). The highest BCUT2D eigenvalue weighted by Gasteiger charge is 2.18. The first kappa shape index (κ1) is 29.9. The summed E-state index contributed by atoms with van der Waals surface area (Å²) in [4.78, 5) is 15.3. The zero-order chi connectivity index (χ0) is 33.3. The van der Waals surface area contributed by atoms with Gasteiger partial charge in [0, 0.05) is 28.0 Å². The van der Waals surface area contributed by atoms with Gasteiger partial charge in [-0.05, 0) is 70.5 Å². The second-order valence-electron chi connectivity index (χ2n) is 13.0. The minimum atomic E-state index is 0.163. The molecule has 2 aromatic heterocycles. The molecular weight excluding hydrogens is 607 g/mol. The first-order valence-electron chi connectivity index (χ1n) is 17.4. The number of hydrogen-bond acceptors (Lipinski definition) is 3. The second-order valence-corrected chi connectivity index (χ2v) is 13.0. The highest BCUT2D eigenvalue weighted by atomic mass is 14.9.